The Morgan fingerprint density at radius 1 is 0.800 bits per heavy atom. The fourth-order valence-electron chi connectivity index (χ4n) is 5.57. The molecule has 2 heterocycles. The molecule has 5 rings (SSSR count). The molecular formula is C30H24N4O6. The molecule has 0 bridgehead atoms. The normalized spacial score (nSPS) is 15.1. The van der Waals surface area contributed by atoms with Gasteiger partial charge in [-0.05, 0) is 48.6 Å². The molecule has 0 aliphatic carbocycles. The third kappa shape index (κ3) is 3.85. The number of benzene rings is 3. The summed E-state index contributed by atoms with van der Waals surface area (Å²) in [6, 6.07) is 11.9. The van der Waals surface area contributed by atoms with Gasteiger partial charge in [0.1, 0.15) is 12.1 Å². The highest BCUT2D eigenvalue weighted by atomic mass is 16.3. The molecule has 0 saturated carbocycles. The number of aliphatic hydroxyl groups is 2. The number of aliphatic hydroxyl groups excluding tert-OH is 2. The SMILES string of the molecule is CC(C)CC(CO)N1C(=O)c2cc(C#N)c3c4c(cc(C#N)c(c24)C1=O)C(=O)N(c1ccc(CCO)cc1)C3=O. The average Bonchev–Trinajstić information content (AvgIpc) is 2.94. The zero-order valence-electron chi connectivity index (χ0n) is 21.8. The van der Waals surface area contributed by atoms with Crippen molar-refractivity contribution in [2.24, 2.45) is 5.92 Å². The second kappa shape index (κ2) is 10.0. The van der Waals surface area contributed by atoms with Crippen molar-refractivity contribution in [3.63, 3.8) is 0 Å². The van der Waals surface area contributed by atoms with E-state index in [0.717, 1.165) is 15.4 Å². The van der Waals surface area contributed by atoms with Crippen LogP contribution in [0.4, 0.5) is 5.69 Å². The molecule has 3 aromatic rings. The summed E-state index contributed by atoms with van der Waals surface area (Å²) < 4.78 is 0. The molecule has 200 valence electrons. The smallest absolute Gasteiger partial charge is 0.267 e. The van der Waals surface area contributed by atoms with Gasteiger partial charge in [-0.3, -0.25) is 24.1 Å². The number of imide groups is 2. The number of hydrogen-bond donors (Lipinski definition) is 2. The number of nitrogens with zero attached hydrogens (tertiary/aromatic N) is 4. The summed E-state index contributed by atoms with van der Waals surface area (Å²) in [6.07, 6.45) is 0.687. The quantitative estimate of drug-likeness (QED) is 0.435. The molecule has 0 aromatic heterocycles. The summed E-state index contributed by atoms with van der Waals surface area (Å²) in [5, 5.41) is 39.3. The van der Waals surface area contributed by atoms with Gasteiger partial charge in [0, 0.05) is 17.4 Å². The molecule has 1 unspecified atom stereocenters. The summed E-state index contributed by atoms with van der Waals surface area (Å²) in [5.41, 5.74) is 0.213. The molecule has 10 nitrogen and oxygen atoms in total. The van der Waals surface area contributed by atoms with Gasteiger partial charge in [-0.1, -0.05) is 26.0 Å². The van der Waals surface area contributed by atoms with Crippen LogP contribution in [0.2, 0.25) is 0 Å². The lowest BCUT2D eigenvalue weighted by molar-refractivity contribution is 0.0443. The van der Waals surface area contributed by atoms with Gasteiger partial charge in [-0.15, -0.1) is 0 Å². The van der Waals surface area contributed by atoms with Gasteiger partial charge in [0.05, 0.1) is 51.7 Å². The summed E-state index contributed by atoms with van der Waals surface area (Å²) in [5.74, 6) is -3.13. The van der Waals surface area contributed by atoms with Crippen LogP contribution < -0.4 is 4.90 Å². The first kappa shape index (κ1) is 26.7. The maximum atomic E-state index is 13.8. The molecule has 0 radical (unpaired) electrons. The van der Waals surface area contributed by atoms with Crippen molar-refractivity contribution < 1.29 is 29.4 Å². The van der Waals surface area contributed by atoms with E-state index in [4.69, 9.17) is 0 Å². The van der Waals surface area contributed by atoms with Crippen LogP contribution in [0.1, 0.15) is 78.4 Å². The highest BCUT2D eigenvalue weighted by Crippen LogP contribution is 2.42. The van der Waals surface area contributed by atoms with Gasteiger partial charge in [-0.2, -0.15) is 10.5 Å². The molecule has 10 heteroatoms. The second-order valence-electron chi connectivity index (χ2n) is 10.2. The zero-order valence-corrected chi connectivity index (χ0v) is 21.8. The molecule has 40 heavy (non-hydrogen) atoms. The minimum absolute atomic E-state index is 0.0167. The zero-order chi connectivity index (χ0) is 28.9. The van der Waals surface area contributed by atoms with Crippen molar-refractivity contribution in [1.82, 2.24) is 4.90 Å². The minimum atomic E-state index is -0.875. The van der Waals surface area contributed by atoms with Gasteiger partial charge >= 0.3 is 0 Å². The van der Waals surface area contributed by atoms with Crippen LogP contribution in [0.3, 0.4) is 0 Å². The van der Waals surface area contributed by atoms with Gasteiger partial charge in [0.25, 0.3) is 23.6 Å². The van der Waals surface area contributed by atoms with Gasteiger partial charge in [0.2, 0.25) is 0 Å². The predicted octanol–water partition coefficient (Wildman–Crippen LogP) is 2.92. The molecule has 3 aromatic carbocycles. The lowest BCUT2D eigenvalue weighted by atomic mass is 9.81. The highest BCUT2D eigenvalue weighted by Gasteiger charge is 2.44. The van der Waals surface area contributed by atoms with Crippen LogP contribution in [0.5, 0.6) is 0 Å². The van der Waals surface area contributed by atoms with E-state index in [1.165, 1.54) is 12.1 Å². The fraction of sp³-hybridized carbons (Fsp3) is 0.267. The Bertz CT molecular complexity index is 1710. The van der Waals surface area contributed by atoms with Crippen molar-refractivity contribution in [2.75, 3.05) is 18.1 Å². The first-order valence-corrected chi connectivity index (χ1v) is 12.7. The molecule has 2 N–H and O–H groups in total. The Morgan fingerprint density at radius 3 is 1.85 bits per heavy atom. The summed E-state index contributed by atoms with van der Waals surface area (Å²) in [6.45, 7) is 3.17. The van der Waals surface area contributed by atoms with Gasteiger partial charge in [-0.25, -0.2) is 4.90 Å². The Kier molecular flexibility index (Phi) is 6.68. The van der Waals surface area contributed by atoms with Gasteiger partial charge in [0.15, 0.2) is 0 Å². The number of carbonyl (C=O) groups is 4. The van der Waals surface area contributed by atoms with E-state index < -0.39 is 36.3 Å². The predicted molar refractivity (Wildman–Crippen MR) is 143 cm³/mol. The van der Waals surface area contributed by atoms with E-state index in [-0.39, 0.29) is 62.4 Å². The van der Waals surface area contributed by atoms with Crippen molar-refractivity contribution in [1.29, 1.82) is 10.5 Å². The molecule has 0 spiro atoms. The summed E-state index contributed by atoms with van der Waals surface area (Å²) in [7, 11) is 0. The topological polar surface area (TPSA) is 163 Å². The Hall–Kier alpha value is -4.90. The van der Waals surface area contributed by atoms with Crippen molar-refractivity contribution >= 4 is 40.1 Å². The van der Waals surface area contributed by atoms with Crippen molar-refractivity contribution in [2.45, 2.75) is 32.7 Å². The molecule has 0 fully saturated rings. The molecule has 0 saturated heterocycles. The third-order valence-electron chi connectivity index (χ3n) is 7.29. The van der Waals surface area contributed by atoms with Crippen LogP contribution in [-0.2, 0) is 6.42 Å². The third-order valence-corrected chi connectivity index (χ3v) is 7.29. The maximum Gasteiger partial charge on any atom is 0.267 e. The number of anilines is 1. The molecule has 1 atom stereocenters. The van der Waals surface area contributed by atoms with Crippen LogP contribution in [0, 0.1) is 28.6 Å². The first-order valence-electron chi connectivity index (χ1n) is 12.7. The fourth-order valence-corrected chi connectivity index (χ4v) is 5.57. The molecule has 2 aliphatic heterocycles. The Balaban J connectivity index is 1.79. The number of rotatable bonds is 7. The van der Waals surface area contributed by atoms with E-state index in [2.05, 4.69) is 0 Å². The number of hydrogen-bond acceptors (Lipinski definition) is 8. The second-order valence-corrected chi connectivity index (χ2v) is 10.2. The van der Waals surface area contributed by atoms with Crippen LogP contribution in [0.25, 0.3) is 10.8 Å². The summed E-state index contributed by atoms with van der Waals surface area (Å²) in [4.78, 5) is 56.9. The Labute approximate surface area is 229 Å². The highest BCUT2D eigenvalue weighted by molar-refractivity contribution is 6.40. The van der Waals surface area contributed by atoms with E-state index in [0.29, 0.717) is 12.8 Å². The van der Waals surface area contributed by atoms with Crippen LogP contribution >= 0.6 is 0 Å². The lowest BCUT2D eigenvalue weighted by Gasteiger charge is -2.36. The van der Waals surface area contributed by atoms with Crippen molar-refractivity contribution in [3.05, 3.63) is 75.3 Å². The van der Waals surface area contributed by atoms with E-state index >= 15 is 0 Å². The Morgan fingerprint density at radius 2 is 1.35 bits per heavy atom. The average molecular weight is 537 g/mol. The van der Waals surface area contributed by atoms with Gasteiger partial charge < -0.3 is 10.2 Å². The monoisotopic (exact) mass is 536 g/mol. The first-order chi connectivity index (χ1) is 19.2. The largest absolute Gasteiger partial charge is 0.396 e. The molecule has 2 aliphatic rings. The molecule has 4 amide bonds. The van der Waals surface area contributed by atoms with Crippen molar-refractivity contribution in [3.8, 4) is 12.1 Å². The number of carbonyl (C=O) groups excluding carboxylic acids is 4. The lowest BCUT2D eigenvalue weighted by Crippen LogP contribution is -2.50. The summed E-state index contributed by atoms with van der Waals surface area (Å²) >= 11 is 0. The van der Waals surface area contributed by atoms with Crippen LogP contribution in [0.15, 0.2) is 36.4 Å². The number of amides is 4. The number of nitriles is 2. The van der Waals surface area contributed by atoms with E-state index in [1.807, 2.05) is 26.0 Å². The maximum absolute atomic E-state index is 13.8. The standard InChI is InChI=1S/C30H24N4O6/c1-15(2)9-20(14-36)34-28(38)22-11-17(12-31)23-25-21(10-18(13-32)24(26(22)25)30(34)40)27(37)33(29(23)39)19-5-3-16(4-6-19)7-8-35/h3-6,10-11,15,20,35-36H,7-9,14H2,1-2H3. The van der Waals surface area contributed by atoms with Crippen LogP contribution in [-0.4, -0.2) is 58.0 Å². The minimum Gasteiger partial charge on any atom is -0.396 e. The molecular weight excluding hydrogens is 512 g/mol. The van der Waals surface area contributed by atoms with E-state index in [9.17, 15) is 39.9 Å². The van der Waals surface area contributed by atoms with E-state index in [1.54, 1.807) is 24.3 Å².